The Hall–Kier alpha value is -0.0662. The van der Waals surface area contributed by atoms with E-state index in [2.05, 4.69) is 89.2 Å². The molecule has 0 spiro atoms. The molecule has 3 unspecified atom stereocenters. The zero-order chi connectivity index (χ0) is 23.7. The Balaban J connectivity index is 2.28. The SMILES string of the molecule is CC(C)[Si](OC1=CCC2C(O[Si](C(C)C)(C(C)C)C(C)C)CCCC12)(C(C)C)C(C)C. The first-order valence-electron chi connectivity index (χ1n) is 13.4. The van der Waals surface area contributed by atoms with Crippen LogP contribution in [0, 0.1) is 11.8 Å². The molecule has 0 aromatic carbocycles. The number of fused-ring (bicyclic) bond motifs is 1. The summed E-state index contributed by atoms with van der Waals surface area (Å²) in [5.74, 6) is 2.57. The molecule has 31 heavy (non-hydrogen) atoms. The highest BCUT2D eigenvalue weighted by Crippen LogP contribution is 2.52. The van der Waals surface area contributed by atoms with Gasteiger partial charge in [0.1, 0.15) is 0 Å². The Labute approximate surface area is 197 Å². The number of allylic oxidation sites excluding steroid dienone is 2. The molecule has 0 saturated heterocycles. The molecule has 0 N–H and O–H groups in total. The van der Waals surface area contributed by atoms with Crippen LogP contribution in [0.4, 0.5) is 0 Å². The predicted octanol–water partition coefficient (Wildman–Crippen LogP) is 9.44. The van der Waals surface area contributed by atoms with E-state index in [1.54, 1.807) is 0 Å². The van der Waals surface area contributed by atoms with Crippen LogP contribution in [-0.2, 0) is 8.85 Å². The van der Waals surface area contributed by atoms with E-state index < -0.39 is 16.6 Å². The van der Waals surface area contributed by atoms with E-state index in [0.29, 0.717) is 51.2 Å². The van der Waals surface area contributed by atoms with Gasteiger partial charge in [-0.05, 0) is 64.5 Å². The van der Waals surface area contributed by atoms with Gasteiger partial charge in [-0.15, -0.1) is 0 Å². The van der Waals surface area contributed by atoms with Gasteiger partial charge in [0.15, 0.2) is 0 Å². The van der Waals surface area contributed by atoms with Gasteiger partial charge < -0.3 is 8.85 Å². The van der Waals surface area contributed by atoms with Crippen LogP contribution in [0.3, 0.4) is 0 Å². The van der Waals surface area contributed by atoms with Gasteiger partial charge >= 0.3 is 0 Å². The summed E-state index contributed by atoms with van der Waals surface area (Å²) in [6.07, 6.45) is 7.87. The third-order valence-corrected chi connectivity index (χ3v) is 21.1. The quantitative estimate of drug-likeness (QED) is 0.298. The van der Waals surface area contributed by atoms with Gasteiger partial charge in [0, 0.05) is 12.0 Å². The Morgan fingerprint density at radius 2 is 1.13 bits per heavy atom. The van der Waals surface area contributed by atoms with Gasteiger partial charge in [-0.3, -0.25) is 0 Å². The molecule has 182 valence electrons. The Bertz CT molecular complexity index is 563. The molecule has 2 aliphatic carbocycles. The maximum atomic E-state index is 7.36. The van der Waals surface area contributed by atoms with Gasteiger partial charge in [0.25, 0.3) is 8.32 Å². The molecule has 0 bridgehead atoms. The summed E-state index contributed by atoms with van der Waals surface area (Å²) in [6, 6.07) is 0. The third kappa shape index (κ3) is 4.92. The summed E-state index contributed by atoms with van der Waals surface area (Å²) in [5, 5.41) is 0. The Kier molecular flexibility index (Phi) is 9.18. The number of hydrogen-bond donors (Lipinski definition) is 0. The molecule has 2 aliphatic rings. The van der Waals surface area contributed by atoms with Crippen LogP contribution in [0.2, 0.25) is 33.2 Å². The second kappa shape index (κ2) is 10.5. The molecule has 0 radical (unpaired) electrons. The lowest BCUT2D eigenvalue weighted by molar-refractivity contribution is 0.0485. The Morgan fingerprint density at radius 3 is 1.55 bits per heavy atom. The molecule has 3 atom stereocenters. The molecular weight excluding hydrogens is 412 g/mol. The van der Waals surface area contributed by atoms with E-state index in [9.17, 15) is 0 Å². The lowest BCUT2D eigenvalue weighted by Crippen LogP contribution is -2.53. The van der Waals surface area contributed by atoms with Crippen molar-refractivity contribution in [3.63, 3.8) is 0 Å². The van der Waals surface area contributed by atoms with Crippen molar-refractivity contribution in [2.45, 2.75) is 148 Å². The van der Waals surface area contributed by atoms with Crippen molar-refractivity contribution in [2.24, 2.45) is 11.8 Å². The van der Waals surface area contributed by atoms with Gasteiger partial charge in [-0.25, -0.2) is 0 Å². The zero-order valence-corrected chi connectivity index (χ0v) is 24.9. The van der Waals surface area contributed by atoms with Crippen LogP contribution >= 0.6 is 0 Å². The molecule has 1 saturated carbocycles. The number of hydrogen-bond acceptors (Lipinski definition) is 2. The van der Waals surface area contributed by atoms with Crippen LogP contribution in [0.15, 0.2) is 11.8 Å². The smallest absolute Gasteiger partial charge is 0.258 e. The van der Waals surface area contributed by atoms with Crippen LogP contribution in [0.25, 0.3) is 0 Å². The fraction of sp³-hybridized carbons (Fsp3) is 0.926. The molecule has 0 aromatic heterocycles. The van der Waals surface area contributed by atoms with E-state index in [0.717, 1.165) is 6.42 Å². The molecule has 0 aliphatic heterocycles. The summed E-state index contributed by atoms with van der Waals surface area (Å²) in [5.41, 5.74) is 3.85. The van der Waals surface area contributed by atoms with Crippen molar-refractivity contribution in [1.29, 1.82) is 0 Å². The molecule has 1 fully saturated rings. The third-order valence-electron chi connectivity index (χ3n) is 9.02. The minimum atomic E-state index is -1.89. The summed E-state index contributed by atoms with van der Waals surface area (Å²) in [7, 11) is -3.74. The molecule has 2 rings (SSSR count). The largest absolute Gasteiger partial charge is 0.546 e. The lowest BCUT2D eigenvalue weighted by Gasteiger charge is -2.48. The molecule has 0 aromatic rings. The zero-order valence-electron chi connectivity index (χ0n) is 22.9. The minimum absolute atomic E-state index is 0.420. The van der Waals surface area contributed by atoms with Crippen molar-refractivity contribution < 1.29 is 8.85 Å². The fourth-order valence-electron chi connectivity index (χ4n) is 7.79. The van der Waals surface area contributed by atoms with E-state index in [1.165, 1.54) is 25.0 Å². The fourth-order valence-corrected chi connectivity index (χ4v) is 18.8. The second-order valence-electron chi connectivity index (χ2n) is 12.4. The highest BCUT2D eigenvalue weighted by atomic mass is 28.4. The Morgan fingerprint density at radius 1 is 0.677 bits per heavy atom. The maximum absolute atomic E-state index is 7.36. The summed E-state index contributed by atoms with van der Waals surface area (Å²) in [4.78, 5) is 0. The van der Waals surface area contributed by atoms with Crippen LogP contribution in [-0.4, -0.2) is 22.7 Å². The average molecular weight is 467 g/mol. The average Bonchev–Trinajstić information content (AvgIpc) is 3.05. The first-order valence-corrected chi connectivity index (χ1v) is 17.7. The van der Waals surface area contributed by atoms with Crippen LogP contribution in [0.1, 0.15) is 109 Å². The van der Waals surface area contributed by atoms with E-state index in [-0.39, 0.29) is 0 Å². The molecular formula is C27H54O2Si2. The highest BCUT2D eigenvalue weighted by molar-refractivity contribution is 6.78. The molecule has 0 amide bonds. The minimum Gasteiger partial charge on any atom is -0.546 e. The van der Waals surface area contributed by atoms with Crippen molar-refractivity contribution in [3.05, 3.63) is 11.8 Å². The van der Waals surface area contributed by atoms with Gasteiger partial charge in [0.2, 0.25) is 8.32 Å². The van der Waals surface area contributed by atoms with E-state index in [4.69, 9.17) is 8.85 Å². The molecule has 0 heterocycles. The van der Waals surface area contributed by atoms with Crippen LogP contribution < -0.4 is 0 Å². The second-order valence-corrected chi connectivity index (χ2v) is 23.2. The van der Waals surface area contributed by atoms with Gasteiger partial charge in [-0.2, -0.15) is 0 Å². The van der Waals surface area contributed by atoms with E-state index in [1.807, 2.05) is 0 Å². The topological polar surface area (TPSA) is 18.5 Å². The first kappa shape index (κ1) is 27.2. The monoisotopic (exact) mass is 466 g/mol. The normalized spacial score (nSPS) is 25.4. The summed E-state index contributed by atoms with van der Waals surface area (Å²) in [6.45, 7) is 28.9. The summed E-state index contributed by atoms with van der Waals surface area (Å²) < 4.78 is 14.6. The predicted molar refractivity (Wildman–Crippen MR) is 142 cm³/mol. The van der Waals surface area contributed by atoms with Crippen molar-refractivity contribution >= 4 is 16.6 Å². The van der Waals surface area contributed by atoms with Crippen molar-refractivity contribution in [1.82, 2.24) is 0 Å². The standard InChI is InChI=1S/C27H54O2Si2/c1-18(2)30(19(3)4,20(5)6)28-26-15-13-14-24-25(26)16-17-27(24)29-31(21(7)8,22(9)10)23(11)12/h17-26H,13-16H2,1-12H3. The van der Waals surface area contributed by atoms with Crippen molar-refractivity contribution in [3.8, 4) is 0 Å². The summed E-state index contributed by atoms with van der Waals surface area (Å²) >= 11 is 0. The number of rotatable bonds is 10. The van der Waals surface area contributed by atoms with E-state index >= 15 is 0 Å². The van der Waals surface area contributed by atoms with Gasteiger partial charge in [0.05, 0.1) is 5.76 Å². The van der Waals surface area contributed by atoms with Crippen molar-refractivity contribution in [2.75, 3.05) is 0 Å². The molecule has 2 nitrogen and oxygen atoms in total. The molecule has 4 heteroatoms. The maximum Gasteiger partial charge on any atom is 0.258 e. The van der Waals surface area contributed by atoms with Crippen LogP contribution in [0.5, 0.6) is 0 Å². The highest BCUT2D eigenvalue weighted by Gasteiger charge is 2.52. The lowest BCUT2D eigenvalue weighted by atomic mass is 9.79. The van der Waals surface area contributed by atoms with Gasteiger partial charge in [-0.1, -0.05) is 89.5 Å². The first-order chi connectivity index (χ1) is 14.3.